The third kappa shape index (κ3) is 4.99. The third-order valence-corrected chi connectivity index (χ3v) is 5.40. The molecule has 0 unspecified atom stereocenters. The molecule has 148 valence electrons. The van der Waals surface area contributed by atoms with Gasteiger partial charge in [0.05, 0.1) is 26.2 Å². The normalized spacial score (nSPS) is 12.0. The van der Waals surface area contributed by atoms with Crippen LogP contribution in [0.4, 0.5) is 4.39 Å². The van der Waals surface area contributed by atoms with Crippen LogP contribution >= 0.6 is 27.3 Å². The molecule has 1 aromatic heterocycles. The molecule has 3 aromatic rings. The van der Waals surface area contributed by atoms with Gasteiger partial charge < -0.3 is 9.47 Å². The number of methoxy groups -OCH3 is 2. The van der Waals surface area contributed by atoms with Crippen molar-refractivity contribution >= 4 is 50.7 Å². The minimum Gasteiger partial charge on any atom is -0.503 e. The van der Waals surface area contributed by atoms with E-state index in [9.17, 15) is 9.18 Å². The molecule has 1 heterocycles. The number of carbonyl (C=O) groups excluding carboxylic acids is 1. The van der Waals surface area contributed by atoms with E-state index in [4.69, 9.17) is 9.47 Å². The SMILES string of the molecule is COC=C(C(=O)OC)c1ccccc1C=C(F)c1nc(-c2ccc(Br)cc2)cs1. The molecule has 2 aromatic carbocycles. The maximum absolute atomic E-state index is 15.0. The van der Waals surface area contributed by atoms with Crippen LogP contribution in [0.25, 0.3) is 28.7 Å². The maximum atomic E-state index is 15.0. The van der Waals surface area contributed by atoms with Crippen LogP contribution in [-0.2, 0) is 14.3 Å². The second-order valence-corrected chi connectivity index (χ2v) is 7.66. The van der Waals surface area contributed by atoms with Crippen molar-refractivity contribution in [3.05, 3.63) is 80.8 Å². The molecule has 4 nitrogen and oxygen atoms in total. The molecule has 0 amide bonds. The average Bonchev–Trinajstić information content (AvgIpc) is 3.23. The van der Waals surface area contributed by atoms with Crippen molar-refractivity contribution in [3.63, 3.8) is 0 Å². The second kappa shape index (κ2) is 9.62. The van der Waals surface area contributed by atoms with Crippen molar-refractivity contribution in [2.45, 2.75) is 0 Å². The largest absolute Gasteiger partial charge is 0.503 e. The Balaban J connectivity index is 1.96. The van der Waals surface area contributed by atoms with Gasteiger partial charge >= 0.3 is 5.97 Å². The number of carbonyl (C=O) groups is 1. The fourth-order valence-electron chi connectivity index (χ4n) is 2.65. The maximum Gasteiger partial charge on any atom is 0.341 e. The summed E-state index contributed by atoms with van der Waals surface area (Å²) < 4.78 is 25.7. The van der Waals surface area contributed by atoms with E-state index in [1.807, 2.05) is 29.6 Å². The Morgan fingerprint density at radius 3 is 2.55 bits per heavy atom. The summed E-state index contributed by atoms with van der Waals surface area (Å²) >= 11 is 4.61. The van der Waals surface area contributed by atoms with E-state index in [1.54, 1.807) is 24.3 Å². The van der Waals surface area contributed by atoms with Gasteiger partial charge in [-0.25, -0.2) is 14.2 Å². The Morgan fingerprint density at radius 2 is 1.86 bits per heavy atom. The van der Waals surface area contributed by atoms with E-state index in [2.05, 4.69) is 20.9 Å². The first-order chi connectivity index (χ1) is 14.0. The molecule has 0 aliphatic carbocycles. The second-order valence-electron chi connectivity index (χ2n) is 5.88. The predicted octanol–water partition coefficient (Wildman–Crippen LogP) is 6.20. The Labute approximate surface area is 180 Å². The summed E-state index contributed by atoms with van der Waals surface area (Å²) in [7, 11) is 2.71. The highest BCUT2D eigenvalue weighted by Gasteiger charge is 2.17. The van der Waals surface area contributed by atoms with Gasteiger partial charge in [-0.05, 0) is 29.3 Å². The lowest BCUT2D eigenvalue weighted by Gasteiger charge is -2.09. The molecule has 0 bridgehead atoms. The zero-order chi connectivity index (χ0) is 20.8. The smallest absolute Gasteiger partial charge is 0.341 e. The molecule has 0 N–H and O–H groups in total. The van der Waals surface area contributed by atoms with Crippen molar-refractivity contribution in [1.82, 2.24) is 4.98 Å². The third-order valence-electron chi connectivity index (χ3n) is 4.02. The Morgan fingerprint density at radius 1 is 1.14 bits per heavy atom. The number of aromatic nitrogens is 1. The molecular formula is C22H17BrFNO3S. The average molecular weight is 474 g/mol. The number of hydrogen-bond acceptors (Lipinski definition) is 5. The monoisotopic (exact) mass is 473 g/mol. The van der Waals surface area contributed by atoms with Crippen LogP contribution in [0.3, 0.4) is 0 Å². The van der Waals surface area contributed by atoms with Crippen molar-refractivity contribution in [2.75, 3.05) is 14.2 Å². The van der Waals surface area contributed by atoms with Crippen LogP contribution in [0.2, 0.25) is 0 Å². The van der Waals surface area contributed by atoms with Crippen LogP contribution in [0.15, 0.2) is 64.6 Å². The lowest BCUT2D eigenvalue weighted by molar-refractivity contribution is -0.133. The summed E-state index contributed by atoms with van der Waals surface area (Å²) in [6.45, 7) is 0. The highest BCUT2D eigenvalue weighted by Crippen LogP contribution is 2.30. The zero-order valence-corrected chi connectivity index (χ0v) is 18.1. The highest BCUT2D eigenvalue weighted by atomic mass is 79.9. The van der Waals surface area contributed by atoms with Crippen molar-refractivity contribution in [1.29, 1.82) is 0 Å². The predicted molar refractivity (Wildman–Crippen MR) is 118 cm³/mol. The quantitative estimate of drug-likeness (QED) is 0.243. The Bertz CT molecular complexity index is 1070. The summed E-state index contributed by atoms with van der Waals surface area (Å²) in [5.74, 6) is -1.06. The molecule has 0 saturated carbocycles. The van der Waals surface area contributed by atoms with Gasteiger partial charge in [-0.15, -0.1) is 11.3 Å². The molecule has 0 aliphatic heterocycles. The fraction of sp³-hybridized carbons (Fsp3) is 0.0909. The molecular weight excluding hydrogens is 457 g/mol. The van der Waals surface area contributed by atoms with Gasteiger partial charge in [0.1, 0.15) is 5.57 Å². The molecule has 7 heteroatoms. The summed E-state index contributed by atoms with van der Waals surface area (Å²) in [6.07, 6.45) is 2.64. The summed E-state index contributed by atoms with van der Waals surface area (Å²) in [5.41, 5.74) is 2.81. The molecule has 0 radical (unpaired) electrons. The van der Waals surface area contributed by atoms with Gasteiger partial charge in [0.25, 0.3) is 0 Å². The van der Waals surface area contributed by atoms with Gasteiger partial charge in [-0.3, -0.25) is 0 Å². The first kappa shape index (κ1) is 21.0. The number of nitrogens with zero attached hydrogens (tertiary/aromatic N) is 1. The van der Waals surface area contributed by atoms with Gasteiger partial charge in [-0.1, -0.05) is 52.3 Å². The van der Waals surface area contributed by atoms with Gasteiger partial charge in [0.15, 0.2) is 10.8 Å². The number of benzene rings is 2. The van der Waals surface area contributed by atoms with E-state index in [0.717, 1.165) is 10.0 Å². The van der Waals surface area contributed by atoms with E-state index >= 15 is 0 Å². The number of thiazole rings is 1. The van der Waals surface area contributed by atoms with Gasteiger partial charge in [0.2, 0.25) is 0 Å². The number of rotatable bonds is 6. The van der Waals surface area contributed by atoms with Crippen LogP contribution in [-0.4, -0.2) is 25.2 Å². The molecule has 0 saturated heterocycles. The Kier molecular flexibility index (Phi) is 6.95. The van der Waals surface area contributed by atoms with E-state index < -0.39 is 11.8 Å². The van der Waals surface area contributed by atoms with Crippen molar-refractivity contribution < 1.29 is 18.7 Å². The Hall–Kier alpha value is -2.77. The lowest BCUT2D eigenvalue weighted by atomic mass is 10.00. The van der Waals surface area contributed by atoms with E-state index in [-0.39, 0.29) is 10.6 Å². The topological polar surface area (TPSA) is 48.4 Å². The minimum absolute atomic E-state index is 0.198. The van der Waals surface area contributed by atoms with Gasteiger partial charge in [0, 0.05) is 15.4 Å². The first-order valence-corrected chi connectivity index (χ1v) is 10.2. The molecule has 0 aliphatic rings. The van der Waals surface area contributed by atoms with E-state index in [1.165, 1.54) is 37.9 Å². The molecule has 0 spiro atoms. The number of ether oxygens (including phenoxy) is 2. The minimum atomic E-state index is -0.570. The summed E-state index contributed by atoms with van der Waals surface area (Å²) in [6, 6.07) is 14.6. The molecule has 0 atom stereocenters. The molecule has 0 fully saturated rings. The van der Waals surface area contributed by atoms with Crippen molar-refractivity contribution in [2.24, 2.45) is 0 Å². The number of hydrogen-bond donors (Lipinski definition) is 0. The van der Waals surface area contributed by atoms with Crippen LogP contribution in [0.5, 0.6) is 0 Å². The standard InChI is InChI=1S/C22H17BrFNO3S/c1-27-12-18(22(26)28-2)17-6-4-3-5-15(17)11-19(24)21-25-20(13-29-21)14-7-9-16(23)10-8-14/h3-13H,1-2H3. The lowest BCUT2D eigenvalue weighted by Crippen LogP contribution is -2.05. The number of halogens is 2. The van der Waals surface area contributed by atoms with Crippen LogP contribution < -0.4 is 0 Å². The van der Waals surface area contributed by atoms with Crippen LogP contribution in [0, 0.1) is 0 Å². The van der Waals surface area contributed by atoms with Crippen molar-refractivity contribution in [3.8, 4) is 11.3 Å². The van der Waals surface area contributed by atoms with Gasteiger partial charge in [-0.2, -0.15) is 0 Å². The highest BCUT2D eigenvalue weighted by molar-refractivity contribution is 9.10. The first-order valence-electron chi connectivity index (χ1n) is 8.53. The van der Waals surface area contributed by atoms with E-state index in [0.29, 0.717) is 16.8 Å². The van der Waals surface area contributed by atoms with Crippen LogP contribution in [0.1, 0.15) is 16.1 Å². The molecule has 3 rings (SSSR count). The zero-order valence-electron chi connectivity index (χ0n) is 15.7. The number of esters is 1. The molecule has 29 heavy (non-hydrogen) atoms. The summed E-state index contributed by atoms with van der Waals surface area (Å²) in [5, 5.41) is 2.07. The fourth-order valence-corrected chi connectivity index (χ4v) is 3.65. The summed E-state index contributed by atoms with van der Waals surface area (Å²) in [4.78, 5) is 16.5.